The van der Waals surface area contributed by atoms with E-state index >= 15 is 0 Å². The normalized spacial score (nSPS) is 28.3. The van der Waals surface area contributed by atoms with Crippen molar-refractivity contribution < 1.29 is 4.74 Å². The van der Waals surface area contributed by atoms with E-state index in [0.717, 1.165) is 30.2 Å². The van der Waals surface area contributed by atoms with Gasteiger partial charge in [0, 0.05) is 5.56 Å². The monoisotopic (exact) mass is 287 g/mol. The van der Waals surface area contributed by atoms with Crippen LogP contribution < -0.4 is 0 Å². The summed E-state index contributed by atoms with van der Waals surface area (Å²) in [4.78, 5) is 4.02. The molecule has 0 amide bonds. The molecule has 1 aliphatic rings. The fourth-order valence-corrected chi connectivity index (χ4v) is 2.81. The first kappa shape index (κ1) is 14.1. The predicted octanol–water partition coefficient (Wildman–Crippen LogP) is 4.73. The molecule has 0 saturated heterocycles. The van der Waals surface area contributed by atoms with Gasteiger partial charge in [-0.05, 0) is 37.2 Å². The van der Waals surface area contributed by atoms with Gasteiger partial charge in [0.05, 0.1) is 12.7 Å². The van der Waals surface area contributed by atoms with Crippen LogP contribution in [-0.2, 0) is 11.3 Å². The quantitative estimate of drug-likeness (QED) is 0.750. The second-order valence-corrected chi connectivity index (χ2v) is 6.03. The van der Waals surface area contributed by atoms with Crippen LogP contribution in [0.1, 0.15) is 38.7 Å². The Bertz CT molecular complexity index is 411. The highest BCUT2D eigenvalue weighted by molar-refractivity contribution is 6.32. The van der Waals surface area contributed by atoms with E-state index in [0.29, 0.717) is 23.0 Å². The molecule has 0 bridgehead atoms. The zero-order valence-corrected chi connectivity index (χ0v) is 12.3. The van der Waals surface area contributed by atoms with E-state index in [4.69, 9.17) is 27.9 Å². The van der Waals surface area contributed by atoms with Gasteiger partial charge in [0.2, 0.25) is 0 Å². The molecular formula is C14H19Cl2NO. The minimum absolute atomic E-state index is 0.350. The van der Waals surface area contributed by atoms with Gasteiger partial charge in [-0.15, -0.1) is 0 Å². The maximum Gasteiger partial charge on any atom is 0.136 e. The number of nitrogens with zero attached hydrogens (tertiary/aromatic N) is 1. The lowest BCUT2D eigenvalue weighted by Gasteiger charge is -2.32. The molecule has 2 nitrogen and oxygen atoms in total. The number of rotatable bonds is 3. The molecule has 0 spiro atoms. The van der Waals surface area contributed by atoms with Crippen LogP contribution in [0.4, 0.5) is 0 Å². The lowest BCUT2D eigenvalue weighted by molar-refractivity contribution is -0.00751. The molecule has 0 aliphatic heterocycles. The Morgan fingerprint density at radius 2 is 2.00 bits per heavy atom. The third-order valence-corrected chi connectivity index (χ3v) is 4.45. The van der Waals surface area contributed by atoms with E-state index in [1.807, 2.05) is 6.07 Å². The number of halogens is 2. The van der Waals surface area contributed by atoms with E-state index < -0.39 is 0 Å². The molecule has 0 aromatic carbocycles. The summed E-state index contributed by atoms with van der Waals surface area (Å²) < 4.78 is 5.94. The lowest BCUT2D eigenvalue weighted by atomic mass is 9.80. The lowest BCUT2D eigenvalue weighted by Crippen LogP contribution is -2.26. The van der Waals surface area contributed by atoms with Gasteiger partial charge in [-0.1, -0.05) is 43.1 Å². The summed E-state index contributed by atoms with van der Waals surface area (Å²) in [5.74, 6) is 1.55. The summed E-state index contributed by atoms with van der Waals surface area (Å²) in [6.07, 6.45) is 3.88. The Morgan fingerprint density at radius 1 is 1.22 bits per heavy atom. The van der Waals surface area contributed by atoms with E-state index in [2.05, 4.69) is 18.8 Å². The van der Waals surface area contributed by atoms with Crippen molar-refractivity contribution in [1.29, 1.82) is 0 Å². The zero-order valence-electron chi connectivity index (χ0n) is 10.8. The second kappa shape index (κ2) is 6.23. The van der Waals surface area contributed by atoms with E-state index in [9.17, 15) is 0 Å². The highest BCUT2D eigenvalue weighted by Gasteiger charge is 2.25. The van der Waals surface area contributed by atoms with Crippen LogP contribution in [0.15, 0.2) is 12.1 Å². The number of hydrogen-bond acceptors (Lipinski definition) is 2. The number of ether oxygens (including phenoxy) is 1. The Morgan fingerprint density at radius 3 is 2.67 bits per heavy atom. The van der Waals surface area contributed by atoms with Gasteiger partial charge in [-0.25, -0.2) is 4.98 Å². The van der Waals surface area contributed by atoms with Crippen LogP contribution >= 0.6 is 23.2 Å². The van der Waals surface area contributed by atoms with Gasteiger partial charge >= 0.3 is 0 Å². The maximum atomic E-state index is 6.02. The summed E-state index contributed by atoms with van der Waals surface area (Å²) in [5.41, 5.74) is 0.910. The first-order valence-electron chi connectivity index (χ1n) is 6.48. The minimum Gasteiger partial charge on any atom is -0.373 e. The summed E-state index contributed by atoms with van der Waals surface area (Å²) in [6, 6.07) is 3.63. The van der Waals surface area contributed by atoms with Crippen LogP contribution in [0, 0.1) is 11.8 Å². The van der Waals surface area contributed by atoms with Crippen LogP contribution in [0.5, 0.6) is 0 Å². The summed E-state index contributed by atoms with van der Waals surface area (Å²) in [7, 11) is 0. The Hall–Kier alpha value is -0.310. The molecule has 1 aliphatic carbocycles. The molecule has 1 saturated carbocycles. The number of pyridine rings is 1. The largest absolute Gasteiger partial charge is 0.373 e. The molecule has 1 aromatic heterocycles. The van der Waals surface area contributed by atoms with Crippen LogP contribution in [0.2, 0.25) is 10.3 Å². The third-order valence-electron chi connectivity index (χ3n) is 3.92. The third kappa shape index (κ3) is 3.59. The molecule has 100 valence electrons. The van der Waals surface area contributed by atoms with Gasteiger partial charge in [-0.3, -0.25) is 0 Å². The highest BCUT2D eigenvalue weighted by atomic mass is 35.5. The molecule has 1 aromatic rings. The van der Waals surface area contributed by atoms with E-state index in [1.165, 1.54) is 6.42 Å². The van der Waals surface area contributed by atoms with Gasteiger partial charge in [0.25, 0.3) is 0 Å². The van der Waals surface area contributed by atoms with Crippen molar-refractivity contribution in [3.63, 3.8) is 0 Å². The summed E-state index contributed by atoms with van der Waals surface area (Å²) in [6.45, 7) is 5.15. The predicted molar refractivity (Wildman–Crippen MR) is 75.0 cm³/mol. The fourth-order valence-electron chi connectivity index (χ4n) is 2.41. The molecule has 3 unspecified atom stereocenters. The average molecular weight is 288 g/mol. The SMILES string of the molecule is CC1CCC(OCc2ccc(Cl)nc2Cl)CC1C. The maximum absolute atomic E-state index is 6.02. The second-order valence-electron chi connectivity index (χ2n) is 5.28. The molecule has 1 heterocycles. The first-order chi connectivity index (χ1) is 8.56. The molecular weight excluding hydrogens is 269 g/mol. The van der Waals surface area contributed by atoms with Crippen molar-refractivity contribution >= 4 is 23.2 Å². The Balaban J connectivity index is 1.88. The number of hydrogen-bond donors (Lipinski definition) is 0. The fraction of sp³-hybridized carbons (Fsp3) is 0.643. The van der Waals surface area contributed by atoms with Crippen molar-refractivity contribution in [2.24, 2.45) is 11.8 Å². The van der Waals surface area contributed by atoms with E-state index in [-0.39, 0.29) is 0 Å². The van der Waals surface area contributed by atoms with E-state index in [1.54, 1.807) is 6.07 Å². The molecule has 4 heteroatoms. The van der Waals surface area contributed by atoms with Gasteiger partial charge < -0.3 is 4.74 Å². The number of aromatic nitrogens is 1. The van der Waals surface area contributed by atoms with Crippen molar-refractivity contribution in [3.05, 3.63) is 28.0 Å². The Kier molecular flexibility index (Phi) is 4.88. The molecule has 0 N–H and O–H groups in total. The van der Waals surface area contributed by atoms with Crippen molar-refractivity contribution in [2.45, 2.75) is 45.8 Å². The van der Waals surface area contributed by atoms with Gasteiger partial charge in [-0.2, -0.15) is 0 Å². The topological polar surface area (TPSA) is 22.1 Å². The molecule has 18 heavy (non-hydrogen) atoms. The molecule has 3 atom stereocenters. The molecule has 1 fully saturated rings. The highest BCUT2D eigenvalue weighted by Crippen LogP contribution is 2.31. The van der Waals surface area contributed by atoms with Gasteiger partial charge in [0.1, 0.15) is 10.3 Å². The minimum atomic E-state index is 0.350. The van der Waals surface area contributed by atoms with Gasteiger partial charge in [0.15, 0.2) is 0 Å². The van der Waals surface area contributed by atoms with Crippen molar-refractivity contribution in [1.82, 2.24) is 4.98 Å². The zero-order chi connectivity index (χ0) is 13.1. The summed E-state index contributed by atoms with van der Waals surface area (Å²) >= 11 is 11.8. The van der Waals surface area contributed by atoms with Crippen LogP contribution in [0.3, 0.4) is 0 Å². The summed E-state index contributed by atoms with van der Waals surface area (Å²) in [5, 5.41) is 0.864. The van der Waals surface area contributed by atoms with Crippen LogP contribution in [0.25, 0.3) is 0 Å². The smallest absolute Gasteiger partial charge is 0.136 e. The average Bonchev–Trinajstić information content (AvgIpc) is 2.32. The molecule has 0 radical (unpaired) electrons. The Labute approximate surface area is 119 Å². The van der Waals surface area contributed by atoms with Crippen molar-refractivity contribution in [2.75, 3.05) is 0 Å². The van der Waals surface area contributed by atoms with Crippen LogP contribution in [-0.4, -0.2) is 11.1 Å². The van der Waals surface area contributed by atoms with Crippen molar-refractivity contribution in [3.8, 4) is 0 Å². The first-order valence-corrected chi connectivity index (χ1v) is 7.24. The standard InChI is InChI=1S/C14H19Cl2NO/c1-9-3-5-12(7-10(9)2)18-8-11-4-6-13(15)17-14(11)16/h4,6,9-10,12H,3,5,7-8H2,1-2H3. The molecule has 2 rings (SSSR count).